The van der Waals surface area contributed by atoms with Gasteiger partial charge in [-0.25, -0.2) is 4.79 Å². The van der Waals surface area contributed by atoms with Crippen LogP contribution in [0.5, 0.6) is 11.5 Å². The highest BCUT2D eigenvalue weighted by atomic mass is 16.5. The van der Waals surface area contributed by atoms with Crippen LogP contribution in [0.1, 0.15) is 21.5 Å². The van der Waals surface area contributed by atoms with Crippen LogP contribution < -0.4 is 4.74 Å². The fraction of sp³-hybridized carbons (Fsp3) is 0.176. The molecule has 5 nitrogen and oxygen atoms in total. The highest BCUT2D eigenvalue weighted by Crippen LogP contribution is 2.29. The van der Waals surface area contributed by atoms with Gasteiger partial charge in [0, 0.05) is 11.8 Å². The molecule has 2 rings (SSSR count). The minimum atomic E-state index is -0.416. The lowest BCUT2D eigenvalue weighted by Crippen LogP contribution is -2.00. The molecule has 2 aromatic carbocycles. The maximum atomic E-state index is 11.6. The highest BCUT2D eigenvalue weighted by molar-refractivity contribution is 5.91. The van der Waals surface area contributed by atoms with Crippen LogP contribution in [0.4, 0.5) is 5.69 Å². The molecule has 2 aromatic rings. The molecule has 0 radical (unpaired) electrons. The zero-order chi connectivity index (χ0) is 16.1. The summed E-state index contributed by atoms with van der Waals surface area (Å²) in [7, 11) is 2.82. The fourth-order valence-corrected chi connectivity index (χ4v) is 1.94. The summed E-state index contributed by atoms with van der Waals surface area (Å²) in [4.78, 5) is 15.9. The molecule has 1 N–H and O–H groups in total. The van der Waals surface area contributed by atoms with Crippen molar-refractivity contribution < 1.29 is 19.4 Å². The van der Waals surface area contributed by atoms with E-state index in [1.54, 1.807) is 36.4 Å². The molecule has 0 heterocycles. The van der Waals surface area contributed by atoms with Crippen molar-refractivity contribution in [3.63, 3.8) is 0 Å². The molecular weight excluding hydrogens is 282 g/mol. The molecule has 5 heteroatoms. The van der Waals surface area contributed by atoms with Gasteiger partial charge in [0.05, 0.1) is 25.5 Å². The molecule has 114 valence electrons. The monoisotopic (exact) mass is 299 g/mol. The SMILES string of the molecule is COC(=O)c1ccc(C)c(N=Cc2cccc(OC)c2O)c1. The molecule has 0 fully saturated rings. The quantitative estimate of drug-likeness (QED) is 0.695. The van der Waals surface area contributed by atoms with Crippen molar-refractivity contribution in [2.75, 3.05) is 14.2 Å². The van der Waals surface area contributed by atoms with E-state index >= 15 is 0 Å². The Kier molecular flexibility index (Phi) is 4.78. The van der Waals surface area contributed by atoms with Crippen molar-refractivity contribution in [3.05, 3.63) is 53.1 Å². The van der Waals surface area contributed by atoms with Gasteiger partial charge in [0.2, 0.25) is 0 Å². The molecule has 0 saturated heterocycles. The standard InChI is InChI=1S/C17H17NO4/c1-11-7-8-12(17(20)22-3)9-14(11)18-10-13-5-4-6-15(21-2)16(13)19/h4-10,19H,1-3H3. The van der Waals surface area contributed by atoms with Gasteiger partial charge < -0.3 is 14.6 Å². The summed E-state index contributed by atoms with van der Waals surface area (Å²) in [5.41, 5.74) is 2.49. The number of methoxy groups -OCH3 is 2. The summed E-state index contributed by atoms with van der Waals surface area (Å²) < 4.78 is 9.75. The van der Waals surface area contributed by atoms with E-state index in [9.17, 15) is 9.90 Å². The van der Waals surface area contributed by atoms with E-state index in [1.807, 2.05) is 6.92 Å². The van der Waals surface area contributed by atoms with E-state index < -0.39 is 5.97 Å². The Hall–Kier alpha value is -2.82. The van der Waals surface area contributed by atoms with Gasteiger partial charge in [-0.3, -0.25) is 4.99 Å². The minimum absolute atomic E-state index is 0.0236. The second-order valence-corrected chi connectivity index (χ2v) is 4.65. The molecular formula is C17H17NO4. The van der Waals surface area contributed by atoms with Crippen LogP contribution in [0.15, 0.2) is 41.4 Å². The van der Waals surface area contributed by atoms with Crippen LogP contribution in [0.25, 0.3) is 0 Å². The zero-order valence-electron chi connectivity index (χ0n) is 12.7. The smallest absolute Gasteiger partial charge is 0.337 e. The number of rotatable bonds is 4. The predicted molar refractivity (Wildman–Crippen MR) is 84.4 cm³/mol. The van der Waals surface area contributed by atoms with Gasteiger partial charge in [-0.1, -0.05) is 12.1 Å². The van der Waals surface area contributed by atoms with Crippen LogP contribution in [0.3, 0.4) is 0 Å². The second-order valence-electron chi connectivity index (χ2n) is 4.65. The first-order valence-electron chi connectivity index (χ1n) is 6.66. The van der Waals surface area contributed by atoms with Crippen molar-refractivity contribution in [3.8, 4) is 11.5 Å². The number of nitrogens with zero attached hydrogens (tertiary/aromatic N) is 1. The number of aliphatic imine (C=N–C) groups is 1. The van der Waals surface area contributed by atoms with Crippen LogP contribution in [-0.2, 0) is 4.74 Å². The highest BCUT2D eigenvalue weighted by Gasteiger charge is 2.08. The number of para-hydroxylation sites is 1. The Balaban J connectivity index is 2.36. The van der Waals surface area contributed by atoms with Gasteiger partial charge in [-0.05, 0) is 36.8 Å². The first-order valence-corrected chi connectivity index (χ1v) is 6.66. The number of esters is 1. The van der Waals surface area contributed by atoms with Crippen molar-refractivity contribution in [2.45, 2.75) is 6.92 Å². The summed E-state index contributed by atoms with van der Waals surface area (Å²) in [5.74, 6) is -0.0137. The van der Waals surface area contributed by atoms with Gasteiger partial charge in [0.15, 0.2) is 11.5 Å². The number of phenolic OH excluding ortho intramolecular Hbond substituents is 1. The third-order valence-corrected chi connectivity index (χ3v) is 3.22. The molecule has 0 bridgehead atoms. The summed E-state index contributed by atoms with van der Waals surface area (Å²) in [6.45, 7) is 1.89. The van der Waals surface area contributed by atoms with E-state index in [-0.39, 0.29) is 5.75 Å². The van der Waals surface area contributed by atoms with Gasteiger partial charge in [-0.2, -0.15) is 0 Å². The molecule has 22 heavy (non-hydrogen) atoms. The van der Waals surface area contributed by atoms with Crippen molar-refractivity contribution in [2.24, 2.45) is 4.99 Å². The van der Waals surface area contributed by atoms with E-state index in [1.165, 1.54) is 20.4 Å². The number of carbonyl (C=O) groups is 1. The van der Waals surface area contributed by atoms with Crippen LogP contribution in [0, 0.1) is 6.92 Å². The normalized spacial score (nSPS) is 10.7. The Labute approximate surface area is 128 Å². The lowest BCUT2D eigenvalue weighted by Gasteiger charge is -2.06. The number of aromatic hydroxyl groups is 1. The Bertz CT molecular complexity index is 723. The summed E-state index contributed by atoms with van der Waals surface area (Å²) >= 11 is 0. The molecule has 0 amide bonds. The first-order chi connectivity index (χ1) is 10.6. The van der Waals surface area contributed by atoms with Gasteiger partial charge >= 0.3 is 5.97 Å². The van der Waals surface area contributed by atoms with Crippen molar-refractivity contribution >= 4 is 17.9 Å². The second kappa shape index (κ2) is 6.76. The largest absolute Gasteiger partial charge is 0.504 e. The molecule has 0 unspecified atom stereocenters. The van der Waals surface area contributed by atoms with Gasteiger partial charge in [-0.15, -0.1) is 0 Å². The molecule has 0 aliphatic rings. The summed E-state index contributed by atoms with van der Waals surface area (Å²) in [6, 6.07) is 10.3. The molecule has 0 aliphatic carbocycles. The third-order valence-electron chi connectivity index (χ3n) is 3.22. The summed E-state index contributed by atoms with van der Waals surface area (Å²) in [6.07, 6.45) is 1.53. The van der Waals surface area contributed by atoms with Crippen molar-refractivity contribution in [1.82, 2.24) is 0 Å². The molecule has 0 saturated carbocycles. The average Bonchev–Trinajstić information content (AvgIpc) is 2.54. The fourth-order valence-electron chi connectivity index (χ4n) is 1.94. The summed E-state index contributed by atoms with van der Waals surface area (Å²) in [5, 5.41) is 10.0. The lowest BCUT2D eigenvalue weighted by atomic mass is 10.1. The maximum absolute atomic E-state index is 11.6. The topological polar surface area (TPSA) is 68.1 Å². The Morgan fingerprint density at radius 3 is 2.68 bits per heavy atom. The van der Waals surface area contributed by atoms with Crippen LogP contribution >= 0.6 is 0 Å². The zero-order valence-corrected chi connectivity index (χ0v) is 12.7. The maximum Gasteiger partial charge on any atom is 0.337 e. The molecule has 0 aromatic heterocycles. The first kappa shape index (κ1) is 15.6. The number of benzene rings is 2. The van der Waals surface area contributed by atoms with E-state index in [0.717, 1.165) is 5.56 Å². The van der Waals surface area contributed by atoms with Crippen LogP contribution in [0.2, 0.25) is 0 Å². The van der Waals surface area contributed by atoms with Gasteiger partial charge in [0.25, 0.3) is 0 Å². The van der Waals surface area contributed by atoms with Crippen LogP contribution in [-0.4, -0.2) is 31.5 Å². The Morgan fingerprint density at radius 1 is 1.23 bits per heavy atom. The number of carbonyl (C=O) groups excluding carboxylic acids is 1. The number of ether oxygens (including phenoxy) is 2. The number of hydrogen-bond acceptors (Lipinski definition) is 5. The number of hydrogen-bond donors (Lipinski definition) is 1. The third kappa shape index (κ3) is 3.25. The van der Waals surface area contributed by atoms with E-state index in [2.05, 4.69) is 4.99 Å². The molecule has 0 aliphatic heterocycles. The average molecular weight is 299 g/mol. The van der Waals surface area contributed by atoms with Crippen molar-refractivity contribution in [1.29, 1.82) is 0 Å². The lowest BCUT2D eigenvalue weighted by molar-refractivity contribution is 0.0601. The predicted octanol–water partition coefficient (Wildman–Crippen LogP) is 3.25. The molecule has 0 atom stereocenters. The van der Waals surface area contributed by atoms with E-state index in [4.69, 9.17) is 9.47 Å². The Morgan fingerprint density at radius 2 is 2.00 bits per heavy atom. The number of aryl methyl sites for hydroxylation is 1. The minimum Gasteiger partial charge on any atom is -0.504 e. The number of phenols is 1. The van der Waals surface area contributed by atoms with E-state index in [0.29, 0.717) is 22.6 Å². The van der Waals surface area contributed by atoms with Gasteiger partial charge in [0.1, 0.15) is 0 Å². The molecule has 0 spiro atoms.